The standard InChI is InChI=1S/C15H14N2O2/c18-14-7-6-11(9-16-14)15(19)17-13-8-12(13)10-4-2-1-3-5-10/h1-7,9,12-13H,8H2,(H,16,18)(H,17,19)/t12-,13+/m0/s1. The van der Waals surface area contributed by atoms with Crippen LogP contribution in [0.2, 0.25) is 0 Å². The molecule has 0 saturated heterocycles. The second kappa shape index (κ2) is 4.72. The van der Waals surface area contributed by atoms with Gasteiger partial charge in [-0.2, -0.15) is 0 Å². The van der Waals surface area contributed by atoms with Gasteiger partial charge in [0, 0.05) is 24.2 Å². The van der Waals surface area contributed by atoms with E-state index in [2.05, 4.69) is 22.4 Å². The van der Waals surface area contributed by atoms with Gasteiger partial charge in [0.1, 0.15) is 0 Å². The molecule has 1 heterocycles. The van der Waals surface area contributed by atoms with Gasteiger partial charge in [0.25, 0.3) is 5.91 Å². The first-order chi connectivity index (χ1) is 9.24. The first kappa shape index (κ1) is 11.7. The van der Waals surface area contributed by atoms with E-state index in [0.717, 1.165) is 6.42 Å². The maximum Gasteiger partial charge on any atom is 0.252 e. The van der Waals surface area contributed by atoms with Gasteiger partial charge in [0.05, 0.1) is 5.56 Å². The Morgan fingerprint density at radius 2 is 1.95 bits per heavy atom. The number of pyridine rings is 1. The van der Waals surface area contributed by atoms with E-state index in [1.54, 1.807) is 0 Å². The third kappa shape index (κ3) is 2.57. The molecule has 4 nitrogen and oxygen atoms in total. The summed E-state index contributed by atoms with van der Waals surface area (Å²) in [6.45, 7) is 0. The van der Waals surface area contributed by atoms with Crippen molar-refractivity contribution in [2.24, 2.45) is 0 Å². The van der Waals surface area contributed by atoms with E-state index in [9.17, 15) is 9.59 Å². The molecule has 1 amide bonds. The van der Waals surface area contributed by atoms with Crippen molar-refractivity contribution in [1.82, 2.24) is 10.3 Å². The molecule has 2 N–H and O–H groups in total. The normalized spacial score (nSPS) is 20.8. The summed E-state index contributed by atoms with van der Waals surface area (Å²) in [6.07, 6.45) is 2.41. The second-order valence-corrected chi connectivity index (χ2v) is 4.77. The predicted octanol–water partition coefficient (Wildman–Crippen LogP) is 1.66. The Kier molecular flexibility index (Phi) is 2.91. The highest BCUT2D eigenvalue weighted by molar-refractivity contribution is 5.94. The molecule has 1 aliphatic rings. The van der Waals surface area contributed by atoms with Crippen LogP contribution in [-0.2, 0) is 0 Å². The van der Waals surface area contributed by atoms with Crippen LogP contribution in [0.1, 0.15) is 28.3 Å². The van der Waals surface area contributed by atoms with Crippen LogP contribution in [0.3, 0.4) is 0 Å². The van der Waals surface area contributed by atoms with Gasteiger partial charge in [-0.3, -0.25) is 9.59 Å². The Balaban J connectivity index is 1.63. The minimum atomic E-state index is -0.204. The van der Waals surface area contributed by atoms with Gasteiger partial charge in [-0.15, -0.1) is 0 Å². The highest BCUT2D eigenvalue weighted by atomic mass is 16.2. The van der Waals surface area contributed by atoms with E-state index >= 15 is 0 Å². The highest BCUT2D eigenvalue weighted by Crippen LogP contribution is 2.40. The van der Waals surface area contributed by atoms with Crippen molar-refractivity contribution in [2.45, 2.75) is 18.4 Å². The van der Waals surface area contributed by atoms with Crippen LogP contribution >= 0.6 is 0 Å². The molecule has 1 fully saturated rings. The molecule has 96 valence electrons. The minimum Gasteiger partial charge on any atom is -0.349 e. The fraction of sp³-hybridized carbons (Fsp3) is 0.200. The van der Waals surface area contributed by atoms with Crippen molar-refractivity contribution < 1.29 is 4.79 Å². The fourth-order valence-electron chi connectivity index (χ4n) is 2.23. The van der Waals surface area contributed by atoms with Gasteiger partial charge in [-0.1, -0.05) is 30.3 Å². The third-order valence-electron chi connectivity index (χ3n) is 3.38. The zero-order chi connectivity index (χ0) is 13.2. The van der Waals surface area contributed by atoms with Crippen molar-refractivity contribution >= 4 is 5.91 Å². The molecule has 0 bridgehead atoms. The van der Waals surface area contributed by atoms with Crippen molar-refractivity contribution in [3.05, 3.63) is 70.1 Å². The molecular weight excluding hydrogens is 240 g/mol. The number of carbonyl (C=O) groups is 1. The molecule has 19 heavy (non-hydrogen) atoms. The van der Waals surface area contributed by atoms with Gasteiger partial charge in [0.15, 0.2) is 0 Å². The van der Waals surface area contributed by atoms with Crippen LogP contribution in [-0.4, -0.2) is 16.9 Å². The zero-order valence-electron chi connectivity index (χ0n) is 10.3. The quantitative estimate of drug-likeness (QED) is 0.875. The summed E-state index contributed by atoms with van der Waals surface area (Å²) in [6, 6.07) is 13.3. The van der Waals surface area contributed by atoms with Crippen LogP contribution in [0.4, 0.5) is 0 Å². The number of carbonyl (C=O) groups excluding carboxylic acids is 1. The summed E-state index contributed by atoms with van der Waals surface area (Å²) in [5.41, 5.74) is 1.54. The maximum absolute atomic E-state index is 12.0. The van der Waals surface area contributed by atoms with Crippen molar-refractivity contribution in [3.63, 3.8) is 0 Å². The van der Waals surface area contributed by atoms with E-state index < -0.39 is 0 Å². The number of H-pyrrole nitrogens is 1. The molecule has 1 aliphatic carbocycles. The van der Waals surface area contributed by atoms with Crippen LogP contribution in [0.5, 0.6) is 0 Å². The lowest BCUT2D eigenvalue weighted by atomic mass is 10.1. The fourth-order valence-corrected chi connectivity index (χ4v) is 2.23. The highest BCUT2D eigenvalue weighted by Gasteiger charge is 2.39. The number of nitrogens with one attached hydrogen (secondary N) is 2. The lowest BCUT2D eigenvalue weighted by Gasteiger charge is -2.04. The first-order valence-corrected chi connectivity index (χ1v) is 6.28. The van der Waals surface area contributed by atoms with Crippen molar-refractivity contribution in [2.75, 3.05) is 0 Å². The lowest BCUT2D eigenvalue weighted by molar-refractivity contribution is 0.0950. The molecule has 1 aromatic carbocycles. The van der Waals surface area contributed by atoms with E-state index in [1.165, 1.54) is 23.9 Å². The van der Waals surface area contributed by atoms with Crippen molar-refractivity contribution in [1.29, 1.82) is 0 Å². The first-order valence-electron chi connectivity index (χ1n) is 6.28. The van der Waals surface area contributed by atoms with E-state index in [4.69, 9.17) is 0 Å². The molecule has 2 atom stereocenters. The Morgan fingerprint density at radius 3 is 2.63 bits per heavy atom. The van der Waals surface area contributed by atoms with E-state index in [1.807, 2.05) is 18.2 Å². The second-order valence-electron chi connectivity index (χ2n) is 4.77. The van der Waals surface area contributed by atoms with Gasteiger partial charge in [0.2, 0.25) is 5.56 Å². The minimum absolute atomic E-state index is 0.139. The summed E-state index contributed by atoms with van der Waals surface area (Å²) in [5.74, 6) is 0.271. The molecule has 0 radical (unpaired) electrons. The third-order valence-corrected chi connectivity index (χ3v) is 3.38. The summed E-state index contributed by atoms with van der Waals surface area (Å²) in [7, 11) is 0. The Morgan fingerprint density at radius 1 is 1.16 bits per heavy atom. The largest absolute Gasteiger partial charge is 0.349 e. The number of hydrogen-bond acceptors (Lipinski definition) is 2. The molecule has 4 heteroatoms. The predicted molar refractivity (Wildman–Crippen MR) is 72.1 cm³/mol. The Hall–Kier alpha value is -2.36. The van der Waals surface area contributed by atoms with Crippen molar-refractivity contribution in [3.8, 4) is 0 Å². The van der Waals surface area contributed by atoms with Gasteiger partial charge < -0.3 is 10.3 Å². The maximum atomic E-state index is 12.0. The molecular formula is C15H14N2O2. The summed E-state index contributed by atoms with van der Waals surface area (Å²) >= 11 is 0. The van der Waals surface area contributed by atoms with Crippen LogP contribution in [0.15, 0.2) is 53.5 Å². The molecule has 1 saturated carbocycles. The summed E-state index contributed by atoms with van der Waals surface area (Å²) in [5, 5.41) is 2.98. The number of aromatic nitrogens is 1. The lowest BCUT2D eigenvalue weighted by Crippen LogP contribution is -2.27. The van der Waals surface area contributed by atoms with E-state index in [0.29, 0.717) is 11.5 Å². The molecule has 0 aliphatic heterocycles. The van der Waals surface area contributed by atoms with Gasteiger partial charge >= 0.3 is 0 Å². The monoisotopic (exact) mass is 254 g/mol. The van der Waals surface area contributed by atoms with Gasteiger partial charge in [-0.05, 0) is 18.1 Å². The average Bonchev–Trinajstić information content (AvgIpc) is 3.20. The number of aromatic amines is 1. The molecule has 0 unspecified atom stereocenters. The Bertz CT molecular complexity index is 628. The van der Waals surface area contributed by atoms with Crippen LogP contribution < -0.4 is 10.9 Å². The zero-order valence-corrected chi connectivity index (χ0v) is 10.3. The molecule has 3 rings (SSSR count). The topological polar surface area (TPSA) is 62.0 Å². The average molecular weight is 254 g/mol. The van der Waals surface area contributed by atoms with Gasteiger partial charge in [-0.25, -0.2) is 0 Å². The van der Waals surface area contributed by atoms with Crippen LogP contribution in [0.25, 0.3) is 0 Å². The Labute approximate surface area is 110 Å². The van der Waals surface area contributed by atoms with Crippen LogP contribution in [0, 0.1) is 0 Å². The number of rotatable bonds is 3. The molecule has 1 aromatic heterocycles. The summed E-state index contributed by atoms with van der Waals surface area (Å²) in [4.78, 5) is 25.4. The molecule has 2 aromatic rings. The smallest absolute Gasteiger partial charge is 0.252 e. The number of hydrogen-bond donors (Lipinski definition) is 2. The molecule has 0 spiro atoms. The number of amides is 1. The summed E-state index contributed by atoms with van der Waals surface area (Å²) < 4.78 is 0. The SMILES string of the molecule is O=C(N[C@@H]1C[C@H]1c1ccccc1)c1ccc(=O)[nH]c1. The van der Waals surface area contributed by atoms with E-state index in [-0.39, 0.29) is 17.5 Å². The number of benzene rings is 1.